The molecule has 0 aliphatic carbocycles. The lowest BCUT2D eigenvalue weighted by Gasteiger charge is -2.20. The molecule has 0 aromatic heterocycles. The Balaban J connectivity index is 2.03. The van der Waals surface area contributed by atoms with Crippen LogP contribution in [0.1, 0.15) is 38.2 Å². The molecule has 0 radical (unpaired) electrons. The zero-order chi connectivity index (χ0) is 15.8. The summed E-state index contributed by atoms with van der Waals surface area (Å²) in [5, 5.41) is 8.85. The van der Waals surface area contributed by atoms with Gasteiger partial charge in [0.2, 0.25) is 5.78 Å². The van der Waals surface area contributed by atoms with Crippen molar-refractivity contribution in [2.24, 2.45) is 10.9 Å². The number of hydrogen-bond donors (Lipinski definition) is 1. The summed E-state index contributed by atoms with van der Waals surface area (Å²) < 4.78 is 5.79. The summed E-state index contributed by atoms with van der Waals surface area (Å²) in [5.41, 5.74) is 1.75. The number of hydrogen-bond acceptors (Lipinski definition) is 4. The number of nitrogens with zero attached hydrogens (tertiary/aromatic N) is 1. The van der Waals surface area contributed by atoms with Gasteiger partial charge in [0, 0.05) is 12.8 Å². The monoisotopic (exact) mass is 301 g/mol. The number of aliphatic hydroxyl groups is 1. The number of ketones is 1. The molecule has 1 atom stereocenters. The Hall–Kier alpha value is -1.94. The van der Waals surface area contributed by atoms with Crippen molar-refractivity contribution < 1.29 is 14.6 Å². The Morgan fingerprint density at radius 3 is 2.68 bits per heavy atom. The Kier molecular flexibility index (Phi) is 6.34. The average molecular weight is 301 g/mol. The summed E-state index contributed by atoms with van der Waals surface area (Å²) in [6.07, 6.45) is 4.64. The minimum absolute atomic E-state index is 0.0146. The van der Waals surface area contributed by atoms with E-state index in [1.165, 1.54) is 0 Å². The second-order valence-electron chi connectivity index (χ2n) is 5.37. The lowest BCUT2D eigenvalue weighted by molar-refractivity contribution is -0.121. The van der Waals surface area contributed by atoms with E-state index in [-0.39, 0.29) is 18.3 Å². The molecule has 1 aliphatic heterocycles. The van der Waals surface area contributed by atoms with Crippen LogP contribution in [0.2, 0.25) is 0 Å². The zero-order valence-corrected chi connectivity index (χ0v) is 13.0. The lowest BCUT2D eigenvalue weighted by Crippen LogP contribution is -2.24. The molecule has 1 aromatic carbocycles. The van der Waals surface area contributed by atoms with E-state index in [1.54, 1.807) is 6.21 Å². The normalized spacial score (nSPS) is 17.9. The van der Waals surface area contributed by atoms with Gasteiger partial charge in [0.15, 0.2) is 5.76 Å². The number of allylic oxidation sites excluding steroid dienone is 2. The Bertz CT molecular complexity index is 549. The molecule has 118 valence electrons. The predicted molar refractivity (Wildman–Crippen MR) is 86.5 cm³/mol. The number of carbonyl (C=O) groups is 1. The quantitative estimate of drug-likeness (QED) is 0.750. The van der Waals surface area contributed by atoms with E-state index in [2.05, 4.69) is 4.99 Å². The van der Waals surface area contributed by atoms with Crippen LogP contribution in [0.25, 0.3) is 0 Å². The fourth-order valence-corrected chi connectivity index (χ4v) is 2.43. The van der Waals surface area contributed by atoms with E-state index in [1.807, 2.05) is 37.3 Å². The van der Waals surface area contributed by atoms with Crippen molar-refractivity contribution in [1.82, 2.24) is 0 Å². The van der Waals surface area contributed by atoms with Crippen molar-refractivity contribution in [3.8, 4) is 0 Å². The number of unbranched alkanes of at least 4 members (excludes halogenated alkanes) is 1. The highest BCUT2D eigenvalue weighted by Gasteiger charge is 2.27. The van der Waals surface area contributed by atoms with Crippen molar-refractivity contribution in [2.75, 3.05) is 6.61 Å². The molecule has 1 aliphatic rings. The summed E-state index contributed by atoms with van der Waals surface area (Å²) >= 11 is 0. The van der Waals surface area contributed by atoms with Gasteiger partial charge in [-0.25, -0.2) is 0 Å². The largest absolute Gasteiger partial charge is 0.483 e. The molecule has 1 aromatic rings. The van der Waals surface area contributed by atoms with Crippen LogP contribution < -0.4 is 0 Å². The number of carbonyl (C=O) groups excluding carboxylic acids is 1. The molecule has 2 rings (SSSR count). The molecule has 0 saturated carbocycles. The summed E-state index contributed by atoms with van der Waals surface area (Å²) in [4.78, 5) is 17.0. The molecule has 1 heterocycles. The molecule has 1 unspecified atom stereocenters. The van der Waals surface area contributed by atoms with Crippen LogP contribution in [-0.2, 0) is 16.1 Å². The Labute approximate surface area is 131 Å². The maximum atomic E-state index is 12.6. The minimum Gasteiger partial charge on any atom is -0.483 e. The van der Waals surface area contributed by atoms with Gasteiger partial charge in [0.1, 0.15) is 6.61 Å². The third-order valence-corrected chi connectivity index (χ3v) is 3.72. The third-order valence-electron chi connectivity index (χ3n) is 3.72. The summed E-state index contributed by atoms with van der Waals surface area (Å²) in [5.74, 6) is 0.191. The SMILES string of the molecule is CCC1=C(OCc2ccccc2)C(=O)C(CCCCO)C=N1. The maximum absolute atomic E-state index is 12.6. The average Bonchev–Trinajstić information content (AvgIpc) is 2.56. The van der Waals surface area contributed by atoms with E-state index in [0.29, 0.717) is 31.6 Å². The van der Waals surface area contributed by atoms with E-state index >= 15 is 0 Å². The molecule has 0 bridgehead atoms. The van der Waals surface area contributed by atoms with Gasteiger partial charge < -0.3 is 9.84 Å². The first-order chi connectivity index (χ1) is 10.8. The van der Waals surface area contributed by atoms with Gasteiger partial charge in [-0.2, -0.15) is 0 Å². The molecule has 0 saturated heterocycles. The van der Waals surface area contributed by atoms with Gasteiger partial charge in [0.25, 0.3) is 0 Å². The van der Waals surface area contributed by atoms with Crippen LogP contribution in [0.3, 0.4) is 0 Å². The third kappa shape index (κ3) is 4.28. The number of ether oxygens (including phenoxy) is 1. The summed E-state index contributed by atoms with van der Waals surface area (Å²) in [6.45, 7) is 2.51. The van der Waals surface area contributed by atoms with Crippen molar-refractivity contribution in [3.05, 3.63) is 47.4 Å². The van der Waals surface area contributed by atoms with Crippen LogP contribution in [0.15, 0.2) is 46.8 Å². The van der Waals surface area contributed by atoms with Crippen molar-refractivity contribution in [1.29, 1.82) is 0 Å². The van der Waals surface area contributed by atoms with Gasteiger partial charge in [-0.05, 0) is 24.8 Å². The van der Waals surface area contributed by atoms with Crippen molar-refractivity contribution in [2.45, 2.75) is 39.2 Å². The highest BCUT2D eigenvalue weighted by molar-refractivity contribution is 6.06. The van der Waals surface area contributed by atoms with Gasteiger partial charge in [0.05, 0.1) is 11.6 Å². The highest BCUT2D eigenvalue weighted by atomic mass is 16.5. The smallest absolute Gasteiger partial charge is 0.207 e. The molecule has 0 spiro atoms. The van der Waals surface area contributed by atoms with E-state index < -0.39 is 0 Å². The van der Waals surface area contributed by atoms with E-state index in [4.69, 9.17) is 9.84 Å². The molecule has 0 amide bonds. The van der Waals surface area contributed by atoms with Crippen LogP contribution in [-0.4, -0.2) is 23.7 Å². The molecule has 0 fully saturated rings. The van der Waals surface area contributed by atoms with Gasteiger partial charge in [-0.1, -0.05) is 43.7 Å². The number of benzene rings is 1. The summed E-state index contributed by atoms with van der Waals surface area (Å²) in [7, 11) is 0. The number of aliphatic imine (C=N–C) groups is 1. The molecule has 1 N–H and O–H groups in total. The molecule has 4 heteroatoms. The zero-order valence-electron chi connectivity index (χ0n) is 13.0. The van der Waals surface area contributed by atoms with Crippen LogP contribution >= 0.6 is 0 Å². The molecule has 4 nitrogen and oxygen atoms in total. The van der Waals surface area contributed by atoms with Crippen LogP contribution in [0, 0.1) is 5.92 Å². The van der Waals surface area contributed by atoms with E-state index in [0.717, 1.165) is 17.7 Å². The first-order valence-corrected chi connectivity index (χ1v) is 7.85. The first-order valence-electron chi connectivity index (χ1n) is 7.85. The standard InChI is InChI=1S/C18H23NO3/c1-2-16-18(22-13-14-8-4-3-5-9-14)17(21)15(12-19-16)10-6-7-11-20/h3-5,8-9,12,15,20H,2,6-7,10-11,13H2,1H3. The van der Waals surface area contributed by atoms with Gasteiger partial charge >= 0.3 is 0 Å². The number of Topliss-reactive ketones (excluding diaryl/α,β-unsaturated/α-hetero) is 1. The van der Waals surface area contributed by atoms with Gasteiger partial charge in [-0.15, -0.1) is 0 Å². The fraction of sp³-hybridized carbons (Fsp3) is 0.444. The second-order valence-corrected chi connectivity index (χ2v) is 5.37. The number of rotatable bonds is 8. The van der Waals surface area contributed by atoms with E-state index in [9.17, 15) is 4.79 Å². The fourth-order valence-electron chi connectivity index (χ4n) is 2.43. The molecular formula is C18H23NO3. The highest BCUT2D eigenvalue weighted by Crippen LogP contribution is 2.25. The Morgan fingerprint density at radius 2 is 2.00 bits per heavy atom. The predicted octanol–water partition coefficient (Wildman–Crippen LogP) is 3.26. The summed E-state index contributed by atoms with van der Waals surface area (Å²) in [6, 6.07) is 9.80. The first kappa shape index (κ1) is 16.4. The topological polar surface area (TPSA) is 58.9 Å². The minimum atomic E-state index is -0.229. The molecular weight excluding hydrogens is 278 g/mol. The van der Waals surface area contributed by atoms with Crippen molar-refractivity contribution in [3.63, 3.8) is 0 Å². The Morgan fingerprint density at radius 1 is 1.23 bits per heavy atom. The van der Waals surface area contributed by atoms with Gasteiger partial charge in [-0.3, -0.25) is 9.79 Å². The number of aliphatic hydroxyl groups excluding tert-OH is 1. The van der Waals surface area contributed by atoms with Crippen molar-refractivity contribution >= 4 is 12.0 Å². The lowest BCUT2D eigenvalue weighted by atomic mass is 9.94. The van der Waals surface area contributed by atoms with Crippen LogP contribution in [0.4, 0.5) is 0 Å². The second kappa shape index (κ2) is 8.49. The van der Waals surface area contributed by atoms with Crippen LogP contribution in [0.5, 0.6) is 0 Å². The maximum Gasteiger partial charge on any atom is 0.207 e. The molecule has 22 heavy (non-hydrogen) atoms.